The van der Waals surface area contributed by atoms with E-state index in [4.69, 9.17) is 0 Å². The van der Waals surface area contributed by atoms with Gasteiger partial charge in [-0.2, -0.15) is 0 Å². The lowest BCUT2D eigenvalue weighted by Gasteiger charge is -2.20. The van der Waals surface area contributed by atoms with Gasteiger partial charge in [0, 0.05) is 5.54 Å². The molecule has 0 aliphatic heterocycles. The van der Waals surface area contributed by atoms with Crippen molar-refractivity contribution in [2.45, 2.75) is 52.5 Å². The molecule has 0 aromatic carbocycles. The third-order valence-corrected chi connectivity index (χ3v) is 1.89. The molecule has 2 N–H and O–H groups in total. The van der Waals surface area contributed by atoms with Crippen LogP contribution in [0.3, 0.4) is 0 Å². The van der Waals surface area contributed by atoms with Crippen molar-refractivity contribution < 1.29 is 0 Å². The minimum Gasteiger partial charge on any atom is -0.317 e. The molecule has 13 heavy (non-hydrogen) atoms. The van der Waals surface area contributed by atoms with Gasteiger partial charge in [-0.3, -0.25) is 0 Å². The van der Waals surface area contributed by atoms with Crippen molar-refractivity contribution in [3.05, 3.63) is 0 Å². The van der Waals surface area contributed by atoms with Crippen LogP contribution in [0.4, 0.5) is 0 Å². The van der Waals surface area contributed by atoms with Crippen LogP contribution >= 0.6 is 0 Å². The van der Waals surface area contributed by atoms with E-state index in [9.17, 15) is 0 Å². The highest BCUT2D eigenvalue weighted by Gasteiger charge is 2.06. The van der Waals surface area contributed by atoms with Gasteiger partial charge in [-0.25, -0.2) is 0 Å². The molecule has 0 spiro atoms. The zero-order valence-electron chi connectivity index (χ0n) is 9.74. The van der Waals surface area contributed by atoms with Crippen molar-refractivity contribution in [2.75, 3.05) is 19.6 Å². The molecule has 80 valence electrons. The smallest absolute Gasteiger partial charge is 0.00965 e. The lowest BCUT2D eigenvalue weighted by Crippen LogP contribution is -2.37. The topological polar surface area (TPSA) is 24.1 Å². The van der Waals surface area contributed by atoms with Crippen molar-refractivity contribution >= 4 is 0 Å². The molecule has 0 rings (SSSR count). The maximum Gasteiger partial charge on any atom is 0.00965 e. The minimum absolute atomic E-state index is 0.267. The Hall–Kier alpha value is -0.0800. The first-order chi connectivity index (χ1) is 6.06. The van der Waals surface area contributed by atoms with Crippen molar-refractivity contribution in [1.82, 2.24) is 10.6 Å². The van der Waals surface area contributed by atoms with Crippen LogP contribution in [0.15, 0.2) is 0 Å². The molecule has 2 heteroatoms. The van der Waals surface area contributed by atoms with Gasteiger partial charge in [0.2, 0.25) is 0 Å². The van der Waals surface area contributed by atoms with E-state index in [1.54, 1.807) is 0 Å². The van der Waals surface area contributed by atoms with Crippen molar-refractivity contribution in [2.24, 2.45) is 0 Å². The van der Waals surface area contributed by atoms with Crippen LogP contribution in [0.25, 0.3) is 0 Å². The molecule has 0 aromatic rings. The Balaban J connectivity index is 3.00. The van der Waals surface area contributed by atoms with Gasteiger partial charge in [-0.1, -0.05) is 13.3 Å². The highest BCUT2D eigenvalue weighted by Crippen LogP contribution is 1.97. The molecular weight excluding hydrogens is 160 g/mol. The van der Waals surface area contributed by atoms with Crippen LogP contribution in [-0.4, -0.2) is 25.2 Å². The van der Waals surface area contributed by atoms with Gasteiger partial charge >= 0.3 is 0 Å². The molecule has 0 bridgehead atoms. The van der Waals surface area contributed by atoms with Crippen LogP contribution in [-0.2, 0) is 0 Å². The molecule has 2 nitrogen and oxygen atoms in total. The van der Waals surface area contributed by atoms with Gasteiger partial charge < -0.3 is 10.6 Å². The SMILES string of the molecule is CCCCNCCCNC(C)(C)C. The fourth-order valence-corrected chi connectivity index (χ4v) is 1.10. The first-order valence-corrected chi connectivity index (χ1v) is 5.52. The molecule has 0 unspecified atom stereocenters. The Morgan fingerprint density at radius 1 is 0.923 bits per heavy atom. The fraction of sp³-hybridized carbons (Fsp3) is 1.00. The first kappa shape index (κ1) is 12.9. The summed E-state index contributed by atoms with van der Waals surface area (Å²) in [4.78, 5) is 0. The van der Waals surface area contributed by atoms with E-state index < -0.39 is 0 Å². The second-order valence-electron chi connectivity index (χ2n) is 4.63. The standard InChI is InChI=1S/C11H26N2/c1-5-6-8-12-9-7-10-13-11(2,3)4/h12-13H,5-10H2,1-4H3. The normalized spacial score (nSPS) is 12.0. The van der Waals surface area contributed by atoms with E-state index in [0.717, 1.165) is 13.1 Å². The van der Waals surface area contributed by atoms with Crippen LogP contribution in [0.2, 0.25) is 0 Å². The number of nitrogens with one attached hydrogen (secondary N) is 2. The zero-order chi connectivity index (χ0) is 10.2. The Morgan fingerprint density at radius 2 is 1.54 bits per heavy atom. The molecule has 0 radical (unpaired) electrons. The molecule has 0 saturated heterocycles. The van der Waals surface area contributed by atoms with Crippen LogP contribution in [0.5, 0.6) is 0 Å². The largest absolute Gasteiger partial charge is 0.317 e. The monoisotopic (exact) mass is 186 g/mol. The second-order valence-corrected chi connectivity index (χ2v) is 4.63. The van der Waals surface area contributed by atoms with E-state index in [1.165, 1.54) is 25.8 Å². The summed E-state index contributed by atoms with van der Waals surface area (Å²) in [5.41, 5.74) is 0.267. The quantitative estimate of drug-likeness (QED) is 0.595. The van der Waals surface area contributed by atoms with Gasteiger partial charge in [0.25, 0.3) is 0 Å². The minimum atomic E-state index is 0.267. The summed E-state index contributed by atoms with van der Waals surface area (Å²) in [6.07, 6.45) is 3.81. The number of hydrogen-bond acceptors (Lipinski definition) is 2. The molecule has 0 amide bonds. The molecule has 0 atom stereocenters. The van der Waals surface area contributed by atoms with E-state index in [1.807, 2.05) is 0 Å². The molecule has 0 heterocycles. The number of hydrogen-bond donors (Lipinski definition) is 2. The summed E-state index contributed by atoms with van der Waals surface area (Å²) in [7, 11) is 0. The van der Waals surface area contributed by atoms with Gasteiger partial charge in [-0.05, 0) is 53.2 Å². The van der Waals surface area contributed by atoms with Gasteiger partial charge in [-0.15, -0.1) is 0 Å². The van der Waals surface area contributed by atoms with Gasteiger partial charge in [0.15, 0.2) is 0 Å². The van der Waals surface area contributed by atoms with Crippen molar-refractivity contribution in [1.29, 1.82) is 0 Å². The van der Waals surface area contributed by atoms with Crippen molar-refractivity contribution in [3.8, 4) is 0 Å². The summed E-state index contributed by atoms with van der Waals surface area (Å²) < 4.78 is 0. The molecule has 0 saturated carbocycles. The average molecular weight is 186 g/mol. The lowest BCUT2D eigenvalue weighted by molar-refractivity contribution is 0.418. The first-order valence-electron chi connectivity index (χ1n) is 5.52. The Labute approximate surface area is 83.5 Å². The highest BCUT2D eigenvalue weighted by atomic mass is 14.9. The third-order valence-electron chi connectivity index (χ3n) is 1.89. The summed E-state index contributed by atoms with van der Waals surface area (Å²) in [5, 5.41) is 6.91. The Morgan fingerprint density at radius 3 is 2.08 bits per heavy atom. The van der Waals surface area contributed by atoms with Crippen LogP contribution in [0.1, 0.15) is 47.0 Å². The fourth-order valence-electron chi connectivity index (χ4n) is 1.10. The van der Waals surface area contributed by atoms with Crippen LogP contribution in [0, 0.1) is 0 Å². The predicted molar refractivity (Wildman–Crippen MR) is 60.2 cm³/mol. The van der Waals surface area contributed by atoms with Crippen LogP contribution < -0.4 is 10.6 Å². The Bertz CT molecular complexity index is 105. The number of rotatable bonds is 7. The lowest BCUT2D eigenvalue weighted by atomic mass is 10.1. The summed E-state index contributed by atoms with van der Waals surface area (Å²) in [6, 6.07) is 0. The van der Waals surface area contributed by atoms with E-state index in [2.05, 4.69) is 38.3 Å². The summed E-state index contributed by atoms with van der Waals surface area (Å²) >= 11 is 0. The molecular formula is C11H26N2. The Kier molecular flexibility index (Phi) is 7.29. The summed E-state index contributed by atoms with van der Waals surface area (Å²) in [6.45, 7) is 12.3. The zero-order valence-corrected chi connectivity index (χ0v) is 9.74. The molecule has 0 aromatic heterocycles. The molecule has 0 aliphatic carbocycles. The predicted octanol–water partition coefficient (Wildman–Crippen LogP) is 2.15. The second kappa shape index (κ2) is 7.34. The molecule has 0 fully saturated rings. The van der Waals surface area contributed by atoms with Gasteiger partial charge in [0.1, 0.15) is 0 Å². The summed E-state index contributed by atoms with van der Waals surface area (Å²) in [5.74, 6) is 0. The van der Waals surface area contributed by atoms with E-state index in [-0.39, 0.29) is 5.54 Å². The van der Waals surface area contributed by atoms with E-state index in [0.29, 0.717) is 0 Å². The highest BCUT2D eigenvalue weighted by molar-refractivity contribution is 4.69. The maximum atomic E-state index is 3.47. The maximum absolute atomic E-state index is 3.47. The molecule has 0 aliphatic rings. The van der Waals surface area contributed by atoms with E-state index >= 15 is 0 Å². The average Bonchev–Trinajstić information content (AvgIpc) is 2.01. The van der Waals surface area contributed by atoms with Crippen molar-refractivity contribution in [3.63, 3.8) is 0 Å². The number of unbranched alkanes of at least 4 members (excludes halogenated alkanes) is 1. The van der Waals surface area contributed by atoms with Gasteiger partial charge in [0.05, 0.1) is 0 Å². The third kappa shape index (κ3) is 11.9.